The van der Waals surface area contributed by atoms with Gasteiger partial charge in [-0.25, -0.2) is 9.37 Å². The van der Waals surface area contributed by atoms with Crippen molar-refractivity contribution in [1.29, 1.82) is 0 Å². The van der Waals surface area contributed by atoms with Crippen LogP contribution in [0.15, 0.2) is 53.1 Å². The normalized spacial score (nSPS) is 10.5. The molecule has 3 rings (SSSR count). The molecule has 0 saturated heterocycles. The number of oxazole rings is 1. The minimum atomic E-state index is -0.476. The van der Waals surface area contributed by atoms with Gasteiger partial charge in [0.1, 0.15) is 11.6 Å². The monoisotopic (exact) mass is 411 g/mol. The Labute approximate surface area is 173 Å². The van der Waals surface area contributed by atoms with Crippen LogP contribution in [0.2, 0.25) is 0 Å². The second-order valence-corrected chi connectivity index (χ2v) is 6.76. The van der Waals surface area contributed by atoms with Crippen molar-refractivity contribution in [3.8, 4) is 17.1 Å². The van der Waals surface area contributed by atoms with Gasteiger partial charge in [0.2, 0.25) is 5.91 Å². The molecular weight excluding hydrogens is 389 g/mol. The molecule has 2 aromatic carbocycles. The highest BCUT2D eigenvalue weighted by molar-refractivity contribution is 5.82. The molecule has 7 nitrogen and oxygen atoms in total. The Morgan fingerprint density at radius 3 is 2.50 bits per heavy atom. The van der Waals surface area contributed by atoms with Crippen LogP contribution in [0.4, 0.5) is 4.39 Å². The molecule has 30 heavy (non-hydrogen) atoms. The third-order valence-electron chi connectivity index (χ3n) is 4.44. The van der Waals surface area contributed by atoms with Crippen molar-refractivity contribution in [2.75, 3.05) is 6.61 Å². The van der Waals surface area contributed by atoms with Gasteiger partial charge in [-0.2, -0.15) is 0 Å². The number of benzene rings is 2. The summed E-state index contributed by atoms with van der Waals surface area (Å²) >= 11 is 0. The van der Waals surface area contributed by atoms with Gasteiger partial charge in [-0.3, -0.25) is 20.4 Å². The summed E-state index contributed by atoms with van der Waals surface area (Å²) in [5, 5.41) is 0. The van der Waals surface area contributed by atoms with E-state index in [9.17, 15) is 14.0 Å². The average molecular weight is 411 g/mol. The Balaban J connectivity index is 1.39. The zero-order valence-corrected chi connectivity index (χ0v) is 16.7. The van der Waals surface area contributed by atoms with Crippen LogP contribution in [-0.2, 0) is 16.0 Å². The van der Waals surface area contributed by atoms with E-state index in [0.29, 0.717) is 23.0 Å². The van der Waals surface area contributed by atoms with E-state index in [4.69, 9.17) is 9.15 Å². The first-order valence-electron chi connectivity index (χ1n) is 9.39. The van der Waals surface area contributed by atoms with Gasteiger partial charge in [-0.1, -0.05) is 6.07 Å². The van der Waals surface area contributed by atoms with E-state index in [1.807, 2.05) is 26.0 Å². The predicted molar refractivity (Wildman–Crippen MR) is 108 cm³/mol. The largest absolute Gasteiger partial charge is 0.484 e. The van der Waals surface area contributed by atoms with Crippen LogP contribution < -0.4 is 15.6 Å². The number of amides is 2. The number of aromatic nitrogens is 1. The average Bonchev–Trinajstić information content (AvgIpc) is 3.21. The SMILES string of the molecule is Cc1ccc(OCC(=O)NNC(=O)CCc2ncc(-c3ccc(F)cc3)o2)cc1C. The molecule has 0 saturated carbocycles. The maximum absolute atomic E-state index is 13.0. The number of hydrogen-bond donors (Lipinski definition) is 2. The first kappa shape index (κ1) is 21.0. The highest BCUT2D eigenvalue weighted by Gasteiger charge is 2.10. The molecule has 0 bridgehead atoms. The molecule has 0 atom stereocenters. The number of aryl methyl sites for hydroxylation is 3. The molecule has 156 valence electrons. The molecule has 0 aliphatic carbocycles. The van der Waals surface area contributed by atoms with Crippen LogP contribution in [0.5, 0.6) is 5.75 Å². The van der Waals surface area contributed by atoms with Gasteiger partial charge in [0, 0.05) is 18.4 Å². The molecule has 2 N–H and O–H groups in total. The van der Waals surface area contributed by atoms with E-state index >= 15 is 0 Å². The number of carbonyl (C=O) groups excluding carboxylic acids is 2. The second kappa shape index (κ2) is 9.69. The fourth-order valence-electron chi connectivity index (χ4n) is 2.58. The summed E-state index contributed by atoms with van der Waals surface area (Å²) < 4.78 is 24.0. The minimum absolute atomic E-state index is 0.0711. The molecule has 8 heteroatoms. The lowest BCUT2D eigenvalue weighted by Crippen LogP contribution is -2.43. The van der Waals surface area contributed by atoms with Crippen LogP contribution in [0.3, 0.4) is 0 Å². The standard InChI is InChI=1S/C22H22FN3O4/c1-14-3-8-18(11-15(14)2)29-13-21(28)26-25-20(27)9-10-22-24-12-19(30-22)16-4-6-17(23)7-5-16/h3-8,11-12H,9-10,13H2,1-2H3,(H,25,27)(H,26,28). The van der Waals surface area contributed by atoms with Crippen molar-refractivity contribution < 1.29 is 23.1 Å². The number of hydrazine groups is 1. The predicted octanol–water partition coefficient (Wildman–Crippen LogP) is 3.26. The zero-order valence-electron chi connectivity index (χ0n) is 16.7. The number of ether oxygens (including phenoxy) is 1. The van der Waals surface area contributed by atoms with Gasteiger partial charge < -0.3 is 9.15 Å². The van der Waals surface area contributed by atoms with Crippen LogP contribution in [-0.4, -0.2) is 23.4 Å². The molecule has 0 unspecified atom stereocenters. The smallest absolute Gasteiger partial charge is 0.276 e. The van der Waals surface area contributed by atoms with Crippen molar-refractivity contribution >= 4 is 11.8 Å². The van der Waals surface area contributed by atoms with Gasteiger partial charge in [0.15, 0.2) is 18.3 Å². The topological polar surface area (TPSA) is 93.5 Å². The van der Waals surface area contributed by atoms with Gasteiger partial charge in [0.25, 0.3) is 5.91 Å². The molecule has 0 spiro atoms. The summed E-state index contributed by atoms with van der Waals surface area (Å²) in [7, 11) is 0. The van der Waals surface area contributed by atoms with Gasteiger partial charge in [0.05, 0.1) is 6.20 Å². The molecule has 2 amide bonds. The maximum atomic E-state index is 13.0. The Morgan fingerprint density at radius 1 is 1.03 bits per heavy atom. The van der Waals surface area contributed by atoms with E-state index in [2.05, 4.69) is 15.8 Å². The lowest BCUT2D eigenvalue weighted by molar-refractivity contribution is -0.130. The number of carbonyl (C=O) groups is 2. The van der Waals surface area contributed by atoms with Crippen molar-refractivity contribution in [2.24, 2.45) is 0 Å². The number of nitrogens with zero attached hydrogens (tertiary/aromatic N) is 1. The summed E-state index contributed by atoms with van der Waals surface area (Å²) in [5.74, 6) is 0.237. The van der Waals surface area contributed by atoms with Gasteiger partial charge in [-0.05, 0) is 61.4 Å². The van der Waals surface area contributed by atoms with Crippen LogP contribution in [0, 0.1) is 19.7 Å². The molecule has 0 aliphatic rings. The van der Waals surface area contributed by atoms with Gasteiger partial charge >= 0.3 is 0 Å². The Morgan fingerprint density at radius 2 is 1.77 bits per heavy atom. The number of halogens is 1. The fourth-order valence-corrected chi connectivity index (χ4v) is 2.58. The molecule has 0 radical (unpaired) electrons. The minimum Gasteiger partial charge on any atom is -0.484 e. The number of hydrogen-bond acceptors (Lipinski definition) is 5. The van der Waals surface area contributed by atoms with E-state index in [1.54, 1.807) is 18.2 Å². The first-order valence-corrected chi connectivity index (χ1v) is 9.39. The second-order valence-electron chi connectivity index (χ2n) is 6.76. The highest BCUT2D eigenvalue weighted by Crippen LogP contribution is 2.21. The van der Waals surface area contributed by atoms with Crippen LogP contribution in [0.1, 0.15) is 23.4 Å². The summed E-state index contributed by atoms with van der Waals surface area (Å²) in [6, 6.07) is 11.4. The quantitative estimate of drug-likeness (QED) is 0.582. The first-order chi connectivity index (χ1) is 14.4. The van der Waals surface area contributed by atoms with Crippen molar-refractivity contribution in [2.45, 2.75) is 26.7 Å². The summed E-state index contributed by atoms with van der Waals surface area (Å²) in [5.41, 5.74) is 7.52. The fraction of sp³-hybridized carbons (Fsp3) is 0.227. The molecule has 0 aliphatic heterocycles. The summed E-state index contributed by atoms with van der Waals surface area (Å²) in [6.07, 6.45) is 1.84. The maximum Gasteiger partial charge on any atom is 0.276 e. The number of rotatable bonds is 7. The Bertz CT molecular complexity index is 1030. The van der Waals surface area contributed by atoms with Crippen LogP contribution in [0.25, 0.3) is 11.3 Å². The molecule has 0 fully saturated rings. The lowest BCUT2D eigenvalue weighted by Gasteiger charge is -2.09. The van der Waals surface area contributed by atoms with Crippen molar-refractivity contribution in [1.82, 2.24) is 15.8 Å². The lowest BCUT2D eigenvalue weighted by atomic mass is 10.1. The third-order valence-corrected chi connectivity index (χ3v) is 4.44. The molecule has 1 heterocycles. The van der Waals surface area contributed by atoms with E-state index in [0.717, 1.165) is 11.1 Å². The van der Waals surface area contributed by atoms with E-state index < -0.39 is 11.8 Å². The molecule has 3 aromatic rings. The third kappa shape index (κ3) is 5.91. The summed E-state index contributed by atoms with van der Waals surface area (Å²) in [6.45, 7) is 3.73. The van der Waals surface area contributed by atoms with Crippen molar-refractivity contribution in [3.05, 3.63) is 71.5 Å². The highest BCUT2D eigenvalue weighted by atomic mass is 19.1. The van der Waals surface area contributed by atoms with Crippen LogP contribution >= 0.6 is 0 Å². The van der Waals surface area contributed by atoms with E-state index in [1.165, 1.54) is 18.3 Å². The number of nitrogens with one attached hydrogen (secondary N) is 2. The van der Waals surface area contributed by atoms with Crippen molar-refractivity contribution in [3.63, 3.8) is 0 Å². The zero-order chi connectivity index (χ0) is 21.5. The Kier molecular flexibility index (Phi) is 6.79. The summed E-state index contributed by atoms with van der Waals surface area (Å²) in [4.78, 5) is 27.8. The van der Waals surface area contributed by atoms with Gasteiger partial charge in [-0.15, -0.1) is 0 Å². The Hall–Kier alpha value is -3.68. The van der Waals surface area contributed by atoms with E-state index in [-0.39, 0.29) is 25.3 Å². The molecular formula is C22H22FN3O4. The molecule has 1 aromatic heterocycles.